The number of ketones is 1. The van der Waals surface area contributed by atoms with Gasteiger partial charge in [-0.25, -0.2) is 0 Å². The van der Waals surface area contributed by atoms with Gasteiger partial charge in [-0.2, -0.15) is 0 Å². The van der Waals surface area contributed by atoms with Gasteiger partial charge in [-0.1, -0.05) is 29.8 Å². The van der Waals surface area contributed by atoms with Gasteiger partial charge in [-0.05, 0) is 49.9 Å². The molecule has 0 unspecified atom stereocenters. The van der Waals surface area contributed by atoms with E-state index in [-0.39, 0.29) is 11.7 Å². The number of benzene rings is 1. The Bertz CT molecular complexity index is 413. The van der Waals surface area contributed by atoms with Crippen molar-refractivity contribution >= 4 is 21.7 Å². The highest BCUT2D eigenvalue weighted by Crippen LogP contribution is 2.20. The zero-order chi connectivity index (χ0) is 14.3. The average Bonchev–Trinajstić information content (AvgIpc) is 2.38. The fourth-order valence-electron chi connectivity index (χ4n) is 1.88. The molecular weight excluding hydrogens is 304 g/mol. The highest BCUT2D eigenvalue weighted by atomic mass is 79.9. The van der Waals surface area contributed by atoms with E-state index in [1.807, 2.05) is 39.0 Å². The molecule has 106 valence electrons. The van der Waals surface area contributed by atoms with Crippen LogP contribution in [0.2, 0.25) is 0 Å². The summed E-state index contributed by atoms with van der Waals surface area (Å²) in [5.74, 6) is 1.09. The third-order valence-electron chi connectivity index (χ3n) is 3.03. The molecule has 0 aliphatic rings. The monoisotopic (exact) mass is 326 g/mol. The zero-order valence-corrected chi connectivity index (χ0v) is 13.6. The van der Waals surface area contributed by atoms with Crippen molar-refractivity contribution in [1.82, 2.24) is 0 Å². The molecule has 0 N–H and O–H groups in total. The first-order chi connectivity index (χ1) is 9.06. The molecule has 0 saturated carbocycles. The molecule has 19 heavy (non-hydrogen) atoms. The normalized spacial score (nSPS) is 10.8. The molecule has 0 fully saturated rings. The number of hydrogen-bond acceptors (Lipinski definition) is 2. The number of Topliss-reactive ketones (excluding diaryl/α,β-unsaturated/α-hetero) is 1. The summed E-state index contributed by atoms with van der Waals surface area (Å²) in [6.45, 7) is 6.56. The lowest BCUT2D eigenvalue weighted by Crippen LogP contribution is -2.09. The van der Waals surface area contributed by atoms with Crippen molar-refractivity contribution < 1.29 is 9.53 Å². The summed E-state index contributed by atoms with van der Waals surface area (Å²) in [5, 5.41) is 1.05. The Morgan fingerprint density at radius 1 is 1.26 bits per heavy atom. The third kappa shape index (κ3) is 5.35. The van der Waals surface area contributed by atoms with E-state index in [2.05, 4.69) is 15.9 Å². The Kier molecular flexibility index (Phi) is 7.14. The van der Waals surface area contributed by atoms with Crippen molar-refractivity contribution in [2.24, 2.45) is 5.92 Å². The molecule has 0 aliphatic heterocycles. The van der Waals surface area contributed by atoms with Gasteiger partial charge in [0, 0.05) is 16.8 Å². The second-order valence-electron chi connectivity index (χ2n) is 5.09. The van der Waals surface area contributed by atoms with Crippen LogP contribution in [0.5, 0.6) is 5.75 Å². The van der Waals surface area contributed by atoms with E-state index in [0.717, 1.165) is 35.2 Å². The first-order valence-corrected chi connectivity index (χ1v) is 8.02. The van der Waals surface area contributed by atoms with E-state index in [1.165, 1.54) is 12.8 Å². The minimum absolute atomic E-state index is 0.0368. The molecule has 0 atom stereocenters. The molecule has 1 rings (SSSR count). The van der Waals surface area contributed by atoms with Crippen molar-refractivity contribution in [3.05, 3.63) is 29.3 Å². The van der Waals surface area contributed by atoms with Crippen LogP contribution in [0.1, 0.15) is 49.0 Å². The van der Waals surface area contributed by atoms with Crippen LogP contribution in [0.15, 0.2) is 18.2 Å². The summed E-state index contributed by atoms with van der Waals surface area (Å²) < 4.78 is 5.70. The first-order valence-electron chi connectivity index (χ1n) is 6.90. The van der Waals surface area contributed by atoms with Crippen LogP contribution in [-0.2, 0) is 0 Å². The first kappa shape index (κ1) is 16.2. The maximum atomic E-state index is 12.0. The fraction of sp³-hybridized carbons (Fsp3) is 0.562. The van der Waals surface area contributed by atoms with Gasteiger partial charge in [-0.15, -0.1) is 0 Å². The Hall–Kier alpha value is -0.830. The number of ether oxygens (including phenoxy) is 1. The average molecular weight is 327 g/mol. The fourth-order valence-corrected chi connectivity index (χ4v) is 2.27. The molecule has 2 nitrogen and oxygen atoms in total. The maximum absolute atomic E-state index is 12.0. The van der Waals surface area contributed by atoms with E-state index in [9.17, 15) is 4.79 Å². The van der Waals surface area contributed by atoms with Crippen LogP contribution >= 0.6 is 15.9 Å². The molecule has 0 spiro atoms. The molecule has 1 aromatic rings. The van der Waals surface area contributed by atoms with Crippen LogP contribution in [0.25, 0.3) is 0 Å². The molecule has 0 aromatic heterocycles. The van der Waals surface area contributed by atoms with Gasteiger partial charge in [0.25, 0.3) is 0 Å². The summed E-state index contributed by atoms with van der Waals surface area (Å²) in [6, 6.07) is 5.73. The highest BCUT2D eigenvalue weighted by Gasteiger charge is 2.13. The lowest BCUT2D eigenvalue weighted by Gasteiger charge is -2.11. The number of aryl methyl sites for hydroxylation is 1. The number of unbranched alkanes of at least 4 members (excludes halogenated alkanes) is 2. The van der Waals surface area contributed by atoms with Gasteiger partial charge < -0.3 is 4.74 Å². The van der Waals surface area contributed by atoms with Crippen LogP contribution in [0, 0.1) is 12.8 Å². The lowest BCUT2D eigenvalue weighted by molar-refractivity contribution is 0.0938. The van der Waals surface area contributed by atoms with Crippen molar-refractivity contribution in [2.45, 2.75) is 40.0 Å². The van der Waals surface area contributed by atoms with Crippen molar-refractivity contribution in [2.75, 3.05) is 11.9 Å². The topological polar surface area (TPSA) is 26.3 Å². The maximum Gasteiger partial charge on any atom is 0.165 e. The smallest absolute Gasteiger partial charge is 0.165 e. The Balaban J connectivity index is 2.54. The number of carbonyl (C=O) groups is 1. The second kappa shape index (κ2) is 8.36. The predicted molar refractivity (Wildman–Crippen MR) is 83.5 cm³/mol. The van der Waals surface area contributed by atoms with Gasteiger partial charge in [0.1, 0.15) is 5.75 Å². The van der Waals surface area contributed by atoms with Crippen LogP contribution in [-0.4, -0.2) is 17.7 Å². The van der Waals surface area contributed by atoms with E-state index in [0.29, 0.717) is 0 Å². The molecule has 0 radical (unpaired) electrons. The van der Waals surface area contributed by atoms with Crippen LogP contribution in [0.4, 0.5) is 0 Å². The minimum atomic E-state index is 0.0368. The SMILES string of the molecule is Cc1cc(OCCCCCBr)ccc1C(=O)C(C)C. The van der Waals surface area contributed by atoms with E-state index in [4.69, 9.17) is 4.74 Å². The largest absolute Gasteiger partial charge is 0.494 e. The summed E-state index contributed by atoms with van der Waals surface area (Å²) in [7, 11) is 0. The van der Waals surface area contributed by atoms with Gasteiger partial charge in [0.05, 0.1) is 6.61 Å². The number of hydrogen-bond donors (Lipinski definition) is 0. The number of rotatable bonds is 8. The van der Waals surface area contributed by atoms with Crippen molar-refractivity contribution in [3.63, 3.8) is 0 Å². The number of carbonyl (C=O) groups excluding carboxylic acids is 1. The molecule has 1 aromatic carbocycles. The standard InChI is InChI=1S/C16H23BrO2/c1-12(2)16(18)15-8-7-14(11-13(15)3)19-10-6-4-5-9-17/h7-8,11-12H,4-6,9-10H2,1-3H3. The Labute approximate surface area is 124 Å². The Morgan fingerprint density at radius 3 is 2.58 bits per heavy atom. The minimum Gasteiger partial charge on any atom is -0.494 e. The molecular formula is C16H23BrO2. The van der Waals surface area contributed by atoms with Crippen LogP contribution in [0.3, 0.4) is 0 Å². The molecule has 0 saturated heterocycles. The molecule has 0 aliphatic carbocycles. The Morgan fingerprint density at radius 2 is 2.00 bits per heavy atom. The predicted octanol–water partition coefficient (Wildman–Crippen LogP) is 4.78. The van der Waals surface area contributed by atoms with Gasteiger partial charge >= 0.3 is 0 Å². The third-order valence-corrected chi connectivity index (χ3v) is 3.60. The zero-order valence-electron chi connectivity index (χ0n) is 12.0. The molecule has 0 bridgehead atoms. The number of alkyl halides is 1. The quantitative estimate of drug-likeness (QED) is 0.390. The van der Waals surface area contributed by atoms with Crippen LogP contribution < -0.4 is 4.74 Å². The summed E-state index contributed by atoms with van der Waals surface area (Å²) in [5.41, 5.74) is 1.80. The summed E-state index contributed by atoms with van der Waals surface area (Å²) in [4.78, 5) is 12.0. The van der Waals surface area contributed by atoms with E-state index in [1.54, 1.807) is 0 Å². The van der Waals surface area contributed by atoms with Gasteiger partial charge in [0.15, 0.2) is 5.78 Å². The van der Waals surface area contributed by atoms with Gasteiger partial charge in [0.2, 0.25) is 0 Å². The molecule has 0 amide bonds. The number of halogens is 1. The molecule has 3 heteroatoms. The van der Waals surface area contributed by atoms with E-state index >= 15 is 0 Å². The van der Waals surface area contributed by atoms with Crippen molar-refractivity contribution in [1.29, 1.82) is 0 Å². The summed E-state index contributed by atoms with van der Waals surface area (Å²) >= 11 is 3.42. The summed E-state index contributed by atoms with van der Waals surface area (Å²) in [6.07, 6.45) is 3.43. The highest BCUT2D eigenvalue weighted by molar-refractivity contribution is 9.09. The molecule has 0 heterocycles. The van der Waals surface area contributed by atoms with Crippen molar-refractivity contribution in [3.8, 4) is 5.75 Å². The van der Waals surface area contributed by atoms with E-state index < -0.39 is 0 Å². The van der Waals surface area contributed by atoms with Gasteiger partial charge in [-0.3, -0.25) is 4.79 Å². The lowest BCUT2D eigenvalue weighted by atomic mass is 9.97. The second-order valence-corrected chi connectivity index (χ2v) is 5.89.